The number of nitrogens with one attached hydrogen (secondary N) is 1. The summed E-state index contributed by atoms with van der Waals surface area (Å²) in [5.41, 5.74) is 4.13. The van der Waals surface area contributed by atoms with Crippen LogP contribution in [0, 0.1) is 12.8 Å². The highest BCUT2D eigenvalue weighted by Gasteiger charge is 2.24. The van der Waals surface area contributed by atoms with Crippen LogP contribution in [-0.4, -0.2) is 20.7 Å². The van der Waals surface area contributed by atoms with E-state index in [1.807, 2.05) is 31.3 Å². The maximum absolute atomic E-state index is 13.1. The number of aromatic nitrogens is 3. The molecule has 3 rings (SSSR count). The molecule has 0 radical (unpaired) electrons. The average Bonchev–Trinajstić information content (AvgIpc) is 3.07. The van der Waals surface area contributed by atoms with Gasteiger partial charge in [-0.25, -0.2) is 4.98 Å². The number of hydrogen-bond acceptors (Lipinski definition) is 3. The molecule has 0 bridgehead atoms. The maximum atomic E-state index is 13.1. The summed E-state index contributed by atoms with van der Waals surface area (Å²) >= 11 is 0. The smallest absolute Gasteiger partial charge is 0.252 e. The first-order valence-electron chi connectivity index (χ1n) is 9.24. The van der Waals surface area contributed by atoms with E-state index in [4.69, 9.17) is 0 Å². The molecular weight excluding hydrogens is 336 g/mol. The second-order valence-electron chi connectivity index (χ2n) is 7.26. The van der Waals surface area contributed by atoms with E-state index in [9.17, 15) is 4.79 Å². The Labute approximate surface area is 160 Å². The van der Waals surface area contributed by atoms with Crippen molar-refractivity contribution in [2.24, 2.45) is 13.0 Å². The Morgan fingerprint density at radius 3 is 2.44 bits per heavy atom. The highest BCUT2D eigenvalue weighted by molar-refractivity contribution is 5.96. The Morgan fingerprint density at radius 1 is 1.11 bits per heavy atom. The number of aryl methyl sites for hydroxylation is 2. The number of nitrogens with zero attached hydrogens (tertiary/aromatic N) is 3. The Bertz CT molecular complexity index is 912. The lowest BCUT2D eigenvalue weighted by atomic mass is 9.97. The third kappa shape index (κ3) is 4.42. The lowest BCUT2D eigenvalue weighted by molar-refractivity contribution is 0.0921. The van der Waals surface area contributed by atoms with Gasteiger partial charge in [0.15, 0.2) is 0 Å². The Balaban J connectivity index is 1.84. The molecule has 0 aliphatic carbocycles. The number of hydrogen-bond donors (Lipinski definition) is 1. The topological polar surface area (TPSA) is 59.8 Å². The van der Waals surface area contributed by atoms with Crippen molar-refractivity contribution in [3.63, 3.8) is 0 Å². The fraction of sp³-hybridized carbons (Fsp3) is 0.318. The molecule has 0 spiro atoms. The molecule has 0 aliphatic rings. The van der Waals surface area contributed by atoms with Crippen molar-refractivity contribution >= 4 is 5.91 Å². The number of rotatable bonds is 6. The molecule has 5 nitrogen and oxygen atoms in total. The largest absolute Gasteiger partial charge is 0.342 e. The normalized spacial score (nSPS) is 12.2. The predicted octanol–water partition coefficient (Wildman–Crippen LogP) is 3.84. The van der Waals surface area contributed by atoms with Gasteiger partial charge in [-0.3, -0.25) is 9.48 Å². The standard InChI is InChI=1S/C22H26N4O/c1-15(2)20(21-23-14-24-26(21)4)25-22(27)19-8-6-5-7-18(19)13-17-11-9-16(3)10-12-17/h5-12,14-15,20H,13H2,1-4H3,(H,25,27). The van der Waals surface area contributed by atoms with Gasteiger partial charge in [0.25, 0.3) is 5.91 Å². The van der Waals surface area contributed by atoms with Crippen LogP contribution in [0.2, 0.25) is 0 Å². The van der Waals surface area contributed by atoms with Crippen molar-refractivity contribution in [2.75, 3.05) is 0 Å². The summed E-state index contributed by atoms with van der Waals surface area (Å²) in [6.07, 6.45) is 2.24. The van der Waals surface area contributed by atoms with Crippen LogP contribution in [-0.2, 0) is 13.5 Å². The molecular formula is C22H26N4O. The molecule has 1 N–H and O–H groups in total. The molecule has 1 atom stereocenters. The van der Waals surface area contributed by atoms with Crippen molar-refractivity contribution < 1.29 is 4.79 Å². The summed E-state index contributed by atoms with van der Waals surface area (Å²) in [5.74, 6) is 0.870. The third-order valence-electron chi connectivity index (χ3n) is 4.76. The van der Waals surface area contributed by atoms with Crippen molar-refractivity contribution in [1.82, 2.24) is 20.1 Å². The molecule has 140 valence electrons. The van der Waals surface area contributed by atoms with Crippen LogP contribution in [0.25, 0.3) is 0 Å². The van der Waals surface area contributed by atoms with Crippen LogP contribution < -0.4 is 5.32 Å². The van der Waals surface area contributed by atoms with Crippen molar-refractivity contribution in [2.45, 2.75) is 33.2 Å². The van der Waals surface area contributed by atoms with Crippen molar-refractivity contribution in [1.29, 1.82) is 0 Å². The fourth-order valence-corrected chi connectivity index (χ4v) is 3.16. The van der Waals surface area contributed by atoms with E-state index >= 15 is 0 Å². The maximum Gasteiger partial charge on any atom is 0.252 e. The van der Waals surface area contributed by atoms with Gasteiger partial charge in [0.05, 0.1) is 6.04 Å². The van der Waals surface area contributed by atoms with Crippen LogP contribution in [0.1, 0.15) is 52.8 Å². The molecule has 0 fully saturated rings. The lowest BCUT2D eigenvalue weighted by Crippen LogP contribution is -2.34. The monoisotopic (exact) mass is 362 g/mol. The van der Waals surface area contributed by atoms with E-state index in [1.54, 1.807) is 4.68 Å². The molecule has 5 heteroatoms. The summed E-state index contributed by atoms with van der Waals surface area (Å²) in [6, 6.07) is 16.0. The minimum Gasteiger partial charge on any atom is -0.342 e. The Kier molecular flexibility index (Phi) is 5.69. The van der Waals surface area contributed by atoms with E-state index in [-0.39, 0.29) is 17.9 Å². The third-order valence-corrected chi connectivity index (χ3v) is 4.76. The zero-order valence-electron chi connectivity index (χ0n) is 16.3. The molecule has 3 aromatic rings. The van der Waals surface area contributed by atoms with Crippen LogP contribution >= 0.6 is 0 Å². The van der Waals surface area contributed by atoms with E-state index in [1.165, 1.54) is 17.5 Å². The summed E-state index contributed by atoms with van der Waals surface area (Å²) in [6.45, 7) is 6.21. The van der Waals surface area contributed by atoms with Crippen LogP contribution in [0.15, 0.2) is 54.9 Å². The van der Waals surface area contributed by atoms with Gasteiger partial charge < -0.3 is 5.32 Å². The second kappa shape index (κ2) is 8.16. The van der Waals surface area contributed by atoms with Crippen molar-refractivity contribution in [3.8, 4) is 0 Å². The number of carbonyl (C=O) groups is 1. The average molecular weight is 362 g/mol. The first kappa shape index (κ1) is 18.8. The highest BCUT2D eigenvalue weighted by Crippen LogP contribution is 2.21. The number of carbonyl (C=O) groups excluding carboxylic acids is 1. The molecule has 0 saturated heterocycles. The van der Waals surface area contributed by atoms with Gasteiger partial charge in [-0.15, -0.1) is 0 Å². The molecule has 1 aromatic heterocycles. The predicted molar refractivity (Wildman–Crippen MR) is 106 cm³/mol. The van der Waals surface area contributed by atoms with Gasteiger partial charge in [-0.1, -0.05) is 61.9 Å². The van der Waals surface area contributed by atoms with E-state index in [2.05, 4.69) is 60.4 Å². The van der Waals surface area contributed by atoms with Crippen LogP contribution in [0.3, 0.4) is 0 Å². The van der Waals surface area contributed by atoms with E-state index in [0.717, 1.165) is 17.8 Å². The summed E-state index contributed by atoms with van der Waals surface area (Å²) in [7, 11) is 1.84. The molecule has 27 heavy (non-hydrogen) atoms. The quantitative estimate of drug-likeness (QED) is 0.725. The fourth-order valence-electron chi connectivity index (χ4n) is 3.16. The van der Waals surface area contributed by atoms with Gasteiger partial charge in [0.1, 0.15) is 12.2 Å². The summed E-state index contributed by atoms with van der Waals surface area (Å²) < 4.78 is 1.71. The van der Waals surface area contributed by atoms with Gasteiger partial charge in [0.2, 0.25) is 0 Å². The summed E-state index contributed by atoms with van der Waals surface area (Å²) in [4.78, 5) is 17.4. The molecule has 0 aliphatic heterocycles. The zero-order chi connectivity index (χ0) is 19.4. The lowest BCUT2D eigenvalue weighted by Gasteiger charge is -2.22. The van der Waals surface area contributed by atoms with Crippen molar-refractivity contribution in [3.05, 3.63) is 82.9 Å². The highest BCUT2D eigenvalue weighted by atomic mass is 16.1. The number of benzene rings is 2. The van der Waals surface area contributed by atoms with Crippen LogP contribution in [0.5, 0.6) is 0 Å². The van der Waals surface area contributed by atoms with E-state index in [0.29, 0.717) is 5.56 Å². The zero-order valence-corrected chi connectivity index (χ0v) is 16.3. The van der Waals surface area contributed by atoms with E-state index < -0.39 is 0 Å². The first-order chi connectivity index (χ1) is 13.0. The molecule has 1 unspecified atom stereocenters. The Morgan fingerprint density at radius 2 is 1.81 bits per heavy atom. The second-order valence-corrected chi connectivity index (χ2v) is 7.26. The minimum atomic E-state index is -0.197. The van der Waals surface area contributed by atoms with Gasteiger partial charge in [0, 0.05) is 12.6 Å². The van der Waals surface area contributed by atoms with Crippen LogP contribution in [0.4, 0.5) is 0 Å². The van der Waals surface area contributed by atoms with Gasteiger partial charge >= 0.3 is 0 Å². The SMILES string of the molecule is Cc1ccc(Cc2ccccc2C(=O)NC(c2ncnn2C)C(C)C)cc1. The molecule has 1 amide bonds. The molecule has 0 saturated carbocycles. The van der Waals surface area contributed by atoms with Gasteiger partial charge in [-0.2, -0.15) is 5.10 Å². The first-order valence-corrected chi connectivity index (χ1v) is 9.24. The number of amides is 1. The summed E-state index contributed by atoms with van der Waals surface area (Å²) in [5, 5.41) is 7.28. The Hall–Kier alpha value is -2.95. The molecule has 1 heterocycles. The van der Waals surface area contributed by atoms with Gasteiger partial charge in [-0.05, 0) is 36.5 Å². The molecule has 2 aromatic carbocycles. The minimum absolute atomic E-state index is 0.0839.